The molecule has 5 nitrogen and oxygen atoms in total. The molecule has 1 aliphatic rings. The third-order valence-electron chi connectivity index (χ3n) is 2.94. The van der Waals surface area contributed by atoms with Gasteiger partial charge in [0.05, 0.1) is 6.20 Å². The third kappa shape index (κ3) is 2.35. The lowest BCUT2D eigenvalue weighted by atomic mass is 9.91. The minimum Gasteiger partial charge on any atom is -0.334 e. The lowest BCUT2D eigenvalue weighted by molar-refractivity contribution is 0.0574. The van der Waals surface area contributed by atoms with E-state index in [9.17, 15) is 4.79 Å². The molecule has 0 aliphatic heterocycles. The second kappa shape index (κ2) is 5.30. The highest BCUT2D eigenvalue weighted by Gasteiger charge is 2.29. The van der Waals surface area contributed by atoms with Crippen LogP contribution in [0.15, 0.2) is 6.20 Å². The molecule has 1 aliphatic carbocycles. The molecule has 1 saturated carbocycles. The number of halogens is 1. The first-order valence-electron chi connectivity index (χ1n) is 5.55. The van der Waals surface area contributed by atoms with E-state index in [1.54, 1.807) is 0 Å². The maximum absolute atomic E-state index is 12.1. The molecule has 1 heterocycles. The molecule has 0 radical (unpaired) electrons. The molecule has 0 unspecified atom stereocenters. The van der Waals surface area contributed by atoms with E-state index in [0.717, 1.165) is 19.3 Å². The zero-order valence-electron chi connectivity index (χ0n) is 9.03. The standard InChI is InChI=1S/C10H15ClN4O/c11-5-2-6-15(8-3-1-4-8)10(16)9-7-12-14-13-9/h7-8H,1-6H2,(H,12,13,14). The van der Waals surface area contributed by atoms with Crippen molar-refractivity contribution in [2.45, 2.75) is 31.7 Å². The number of carbonyl (C=O) groups excluding carboxylic acids is 1. The van der Waals surface area contributed by atoms with Gasteiger partial charge in [-0.3, -0.25) is 4.79 Å². The summed E-state index contributed by atoms with van der Waals surface area (Å²) in [5.41, 5.74) is 0.390. The fourth-order valence-corrected chi connectivity index (χ4v) is 1.95. The number of carbonyl (C=O) groups is 1. The summed E-state index contributed by atoms with van der Waals surface area (Å²) in [7, 11) is 0. The van der Waals surface area contributed by atoms with Crippen LogP contribution >= 0.6 is 11.6 Å². The monoisotopic (exact) mass is 242 g/mol. The summed E-state index contributed by atoms with van der Waals surface area (Å²) in [6.45, 7) is 0.708. The van der Waals surface area contributed by atoms with E-state index >= 15 is 0 Å². The van der Waals surface area contributed by atoms with Crippen molar-refractivity contribution in [3.05, 3.63) is 11.9 Å². The predicted octanol–water partition coefficient (Wildman–Crippen LogP) is 1.43. The highest BCUT2D eigenvalue weighted by Crippen LogP contribution is 2.26. The highest BCUT2D eigenvalue weighted by molar-refractivity contribution is 6.17. The Morgan fingerprint density at radius 3 is 2.94 bits per heavy atom. The first-order valence-corrected chi connectivity index (χ1v) is 6.09. The highest BCUT2D eigenvalue weighted by atomic mass is 35.5. The Bertz CT molecular complexity index is 337. The molecule has 1 fully saturated rings. The largest absolute Gasteiger partial charge is 0.334 e. The van der Waals surface area contributed by atoms with E-state index in [-0.39, 0.29) is 5.91 Å². The van der Waals surface area contributed by atoms with Crippen molar-refractivity contribution >= 4 is 17.5 Å². The van der Waals surface area contributed by atoms with Crippen LogP contribution < -0.4 is 0 Å². The Morgan fingerprint density at radius 1 is 1.62 bits per heavy atom. The number of rotatable bonds is 5. The molecule has 0 bridgehead atoms. The lowest BCUT2D eigenvalue weighted by Gasteiger charge is -2.37. The predicted molar refractivity (Wildman–Crippen MR) is 60.4 cm³/mol. The van der Waals surface area contributed by atoms with Crippen LogP contribution in [0.25, 0.3) is 0 Å². The van der Waals surface area contributed by atoms with Gasteiger partial charge in [0, 0.05) is 18.5 Å². The zero-order valence-corrected chi connectivity index (χ0v) is 9.78. The second-order valence-corrected chi connectivity index (χ2v) is 4.36. The molecule has 0 spiro atoms. The molecule has 0 saturated heterocycles. The molecule has 1 aromatic heterocycles. The minimum absolute atomic E-state index is 0.0384. The first-order chi connectivity index (χ1) is 7.83. The molecule has 0 aromatic carbocycles. The molecule has 2 rings (SSSR count). The molecule has 6 heteroatoms. The molecule has 0 atom stereocenters. The van der Waals surface area contributed by atoms with Crippen LogP contribution in [-0.4, -0.2) is 44.7 Å². The smallest absolute Gasteiger partial charge is 0.276 e. The quantitative estimate of drug-likeness (QED) is 0.795. The normalized spacial score (nSPS) is 15.8. The van der Waals surface area contributed by atoms with Gasteiger partial charge in [0.2, 0.25) is 0 Å². The van der Waals surface area contributed by atoms with Gasteiger partial charge >= 0.3 is 0 Å². The van der Waals surface area contributed by atoms with Crippen LogP contribution in [0.5, 0.6) is 0 Å². The lowest BCUT2D eigenvalue weighted by Crippen LogP contribution is -2.45. The van der Waals surface area contributed by atoms with Crippen LogP contribution in [0.3, 0.4) is 0 Å². The van der Waals surface area contributed by atoms with Gasteiger partial charge in [-0.2, -0.15) is 15.4 Å². The van der Waals surface area contributed by atoms with Crippen molar-refractivity contribution in [2.24, 2.45) is 0 Å². The van der Waals surface area contributed by atoms with Gasteiger partial charge < -0.3 is 4.90 Å². The van der Waals surface area contributed by atoms with Crippen LogP contribution in [0, 0.1) is 0 Å². The second-order valence-electron chi connectivity index (χ2n) is 3.98. The minimum atomic E-state index is -0.0384. The zero-order chi connectivity index (χ0) is 11.4. The van der Waals surface area contributed by atoms with E-state index in [0.29, 0.717) is 24.2 Å². The van der Waals surface area contributed by atoms with Crippen molar-refractivity contribution in [2.75, 3.05) is 12.4 Å². The van der Waals surface area contributed by atoms with E-state index in [4.69, 9.17) is 11.6 Å². The third-order valence-corrected chi connectivity index (χ3v) is 3.21. The van der Waals surface area contributed by atoms with Crippen molar-refractivity contribution in [3.8, 4) is 0 Å². The Kier molecular flexibility index (Phi) is 3.77. The summed E-state index contributed by atoms with van der Waals surface area (Å²) in [6, 6.07) is 0.368. The maximum atomic E-state index is 12.1. The van der Waals surface area contributed by atoms with Crippen LogP contribution in [0.2, 0.25) is 0 Å². The summed E-state index contributed by atoms with van der Waals surface area (Å²) < 4.78 is 0. The average Bonchev–Trinajstić information content (AvgIpc) is 2.73. The number of nitrogens with zero attached hydrogens (tertiary/aromatic N) is 3. The van der Waals surface area contributed by atoms with Crippen LogP contribution in [-0.2, 0) is 0 Å². The summed E-state index contributed by atoms with van der Waals surface area (Å²) >= 11 is 5.67. The van der Waals surface area contributed by atoms with Gasteiger partial charge in [0.25, 0.3) is 5.91 Å². The van der Waals surface area contributed by atoms with Crippen LogP contribution in [0.1, 0.15) is 36.2 Å². The number of hydrogen-bond acceptors (Lipinski definition) is 3. The van der Waals surface area contributed by atoms with Crippen molar-refractivity contribution in [3.63, 3.8) is 0 Å². The number of hydrogen-bond donors (Lipinski definition) is 1. The Labute approximate surface area is 99.2 Å². The molecule has 1 N–H and O–H groups in total. The number of nitrogens with one attached hydrogen (secondary N) is 1. The summed E-state index contributed by atoms with van der Waals surface area (Å²) in [5, 5.41) is 9.95. The number of alkyl halides is 1. The molecular formula is C10H15ClN4O. The fourth-order valence-electron chi connectivity index (χ4n) is 1.83. The topological polar surface area (TPSA) is 61.9 Å². The first kappa shape index (κ1) is 11.4. The summed E-state index contributed by atoms with van der Waals surface area (Å²) in [6.07, 6.45) is 5.67. The van der Waals surface area contributed by atoms with Crippen molar-refractivity contribution in [1.82, 2.24) is 20.3 Å². The van der Waals surface area contributed by atoms with Crippen molar-refractivity contribution < 1.29 is 4.79 Å². The Balaban J connectivity index is 2.02. The van der Waals surface area contributed by atoms with Gasteiger partial charge in [-0.05, 0) is 25.7 Å². The maximum Gasteiger partial charge on any atom is 0.276 e. The Hall–Kier alpha value is -1.10. The van der Waals surface area contributed by atoms with Gasteiger partial charge in [-0.15, -0.1) is 11.6 Å². The molecule has 1 aromatic rings. The molecule has 1 amide bonds. The van der Waals surface area contributed by atoms with Gasteiger partial charge in [0.1, 0.15) is 0 Å². The van der Waals surface area contributed by atoms with E-state index in [2.05, 4.69) is 15.4 Å². The molecule has 16 heavy (non-hydrogen) atoms. The van der Waals surface area contributed by atoms with Gasteiger partial charge in [-0.1, -0.05) is 0 Å². The Morgan fingerprint density at radius 2 is 2.44 bits per heavy atom. The molecule has 88 valence electrons. The SMILES string of the molecule is O=C(c1cn[nH]n1)N(CCCCl)C1CCC1. The van der Waals surface area contributed by atoms with Gasteiger partial charge in [-0.25, -0.2) is 0 Å². The van der Waals surface area contributed by atoms with E-state index in [1.807, 2.05) is 4.90 Å². The fraction of sp³-hybridized carbons (Fsp3) is 0.700. The van der Waals surface area contributed by atoms with E-state index < -0.39 is 0 Å². The number of aromatic amines is 1. The number of aromatic nitrogens is 3. The molecular weight excluding hydrogens is 228 g/mol. The number of amides is 1. The van der Waals surface area contributed by atoms with Gasteiger partial charge in [0.15, 0.2) is 5.69 Å². The number of H-pyrrole nitrogens is 1. The summed E-state index contributed by atoms with van der Waals surface area (Å²) in [5.74, 6) is 0.540. The van der Waals surface area contributed by atoms with Crippen molar-refractivity contribution in [1.29, 1.82) is 0 Å². The van der Waals surface area contributed by atoms with Crippen LogP contribution in [0.4, 0.5) is 0 Å². The average molecular weight is 243 g/mol. The summed E-state index contributed by atoms with van der Waals surface area (Å²) in [4.78, 5) is 14.0. The van der Waals surface area contributed by atoms with E-state index in [1.165, 1.54) is 12.6 Å².